The van der Waals surface area contributed by atoms with Gasteiger partial charge in [-0.1, -0.05) is 6.92 Å². The van der Waals surface area contributed by atoms with Crippen LogP contribution >= 0.6 is 0 Å². The van der Waals surface area contributed by atoms with Gasteiger partial charge in [0, 0.05) is 6.61 Å². The summed E-state index contributed by atoms with van der Waals surface area (Å²) in [6.07, 6.45) is 2.44. The zero-order chi connectivity index (χ0) is 11.2. The predicted molar refractivity (Wildman–Crippen MR) is 66.0 cm³/mol. The summed E-state index contributed by atoms with van der Waals surface area (Å²) in [7, 11) is 5.42. The summed E-state index contributed by atoms with van der Waals surface area (Å²) in [6, 6.07) is 1.29. The predicted octanol–water partition coefficient (Wildman–Crippen LogP) is 2.71. The third kappa shape index (κ3) is 8.72. The van der Waals surface area contributed by atoms with Crippen LogP contribution in [0.15, 0.2) is 0 Å². The number of hydrogen-bond acceptors (Lipinski definition) is 1. The third-order valence-electron chi connectivity index (χ3n) is 2.30. The zero-order valence-electron chi connectivity index (χ0n) is 10.9. The summed E-state index contributed by atoms with van der Waals surface area (Å²) in [4.78, 5) is 0. The third-order valence-corrected chi connectivity index (χ3v) is 4.85. The Kier molecular flexibility index (Phi) is 5.94. The molecule has 0 saturated carbocycles. The van der Waals surface area contributed by atoms with Gasteiger partial charge in [-0.3, -0.25) is 0 Å². The first-order valence-corrected chi connectivity index (χ1v) is 8.83. The van der Waals surface area contributed by atoms with E-state index >= 15 is 0 Å². The molecule has 0 fully saturated rings. The van der Waals surface area contributed by atoms with Crippen LogP contribution in [0.2, 0.25) is 19.1 Å². The van der Waals surface area contributed by atoms with Gasteiger partial charge in [-0.25, -0.2) is 0 Å². The second-order valence-electron chi connectivity index (χ2n) is 5.73. The molecule has 0 spiro atoms. The van der Waals surface area contributed by atoms with E-state index in [4.69, 9.17) is 4.43 Å². The standard InChI is InChI=1S/C11H28NOSi/c1-7-10-13-14(5,6)11-8-9-12(2,3)4/h7-11H2,1-6H3/q+1. The molecule has 14 heavy (non-hydrogen) atoms. The fourth-order valence-corrected chi connectivity index (χ4v) is 3.34. The number of rotatable bonds is 7. The van der Waals surface area contributed by atoms with Gasteiger partial charge in [-0.2, -0.15) is 0 Å². The van der Waals surface area contributed by atoms with E-state index in [1.54, 1.807) is 0 Å². The molecule has 0 aliphatic rings. The molecule has 0 atom stereocenters. The lowest BCUT2D eigenvalue weighted by atomic mass is 10.4. The second-order valence-corrected chi connectivity index (χ2v) is 10.0. The van der Waals surface area contributed by atoms with Gasteiger partial charge in [-0.05, 0) is 32.0 Å². The van der Waals surface area contributed by atoms with Crippen LogP contribution in [-0.2, 0) is 4.43 Å². The van der Waals surface area contributed by atoms with Crippen molar-refractivity contribution in [2.75, 3.05) is 34.3 Å². The molecule has 0 saturated heterocycles. The molecule has 0 bridgehead atoms. The molecule has 0 aliphatic carbocycles. The molecule has 2 nitrogen and oxygen atoms in total. The molecule has 86 valence electrons. The molecule has 0 N–H and O–H groups in total. The van der Waals surface area contributed by atoms with Gasteiger partial charge in [0.15, 0.2) is 8.32 Å². The van der Waals surface area contributed by atoms with Gasteiger partial charge in [0.1, 0.15) is 0 Å². The van der Waals surface area contributed by atoms with Crippen LogP contribution < -0.4 is 0 Å². The van der Waals surface area contributed by atoms with E-state index in [-0.39, 0.29) is 0 Å². The average molecular weight is 218 g/mol. The first-order valence-electron chi connectivity index (χ1n) is 5.71. The summed E-state index contributed by atoms with van der Waals surface area (Å²) in [6.45, 7) is 9.04. The van der Waals surface area contributed by atoms with Crippen molar-refractivity contribution in [3.63, 3.8) is 0 Å². The van der Waals surface area contributed by atoms with Gasteiger partial charge >= 0.3 is 0 Å². The quantitative estimate of drug-likeness (QED) is 0.472. The summed E-state index contributed by atoms with van der Waals surface area (Å²) in [5.74, 6) is 0. The van der Waals surface area contributed by atoms with Crippen LogP contribution in [0.5, 0.6) is 0 Å². The van der Waals surface area contributed by atoms with E-state index in [1.165, 1.54) is 19.0 Å². The molecule has 3 heteroatoms. The molecule has 0 unspecified atom stereocenters. The Morgan fingerprint density at radius 2 is 1.71 bits per heavy atom. The Bertz CT molecular complexity index is 152. The molecule has 0 aliphatic heterocycles. The van der Waals surface area contributed by atoms with Crippen molar-refractivity contribution < 1.29 is 8.91 Å². The van der Waals surface area contributed by atoms with Crippen LogP contribution in [0.1, 0.15) is 19.8 Å². The summed E-state index contributed by atoms with van der Waals surface area (Å²) in [5, 5.41) is 0. The molecule has 0 aromatic rings. The number of quaternary nitrogens is 1. The van der Waals surface area contributed by atoms with Crippen molar-refractivity contribution in [3.05, 3.63) is 0 Å². The fraction of sp³-hybridized carbons (Fsp3) is 1.00. The van der Waals surface area contributed by atoms with Crippen LogP contribution in [0.4, 0.5) is 0 Å². The molecule has 0 amide bonds. The average Bonchev–Trinajstić information content (AvgIpc) is 1.98. The fourth-order valence-electron chi connectivity index (χ4n) is 1.43. The second kappa shape index (κ2) is 5.88. The normalized spacial score (nSPS) is 13.3. The van der Waals surface area contributed by atoms with Crippen molar-refractivity contribution in [2.45, 2.75) is 38.9 Å². The zero-order valence-corrected chi connectivity index (χ0v) is 11.9. The van der Waals surface area contributed by atoms with Crippen molar-refractivity contribution in [3.8, 4) is 0 Å². The highest BCUT2D eigenvalue weighted by molar-refractivity contribution is 6.71. The van der Waals surface area contributed by atoms with Gasteiger partial charge in [0.05, 0.1) is 27.7 Å². The number of nitrogens with zero attached hydrogens (tertiary/aromatic N) is 1. The smallest absolute Gasteiger partial charge is 0.186 e. The molecule has 0 aromatic heterocycles. The SMILES string of the molecule is CCCO[Si](C)(C)CCC[N+](C)(C)C. The summed E-state index contributed by atoms with van der Waals surface area (Å²) >= 11 is 0. The summed E-state index contributed by atoms with van der Waals surface area (Å²) < 4.78 is 6.99. The first-order chi connectivity index (χ1) is 6.27. The minimum atomic E-state index is -1.33. The first kappa shape index (κ1) is 14.1. The monoisotopic (exact) mass is 218 g/mol. The Morgan fingerprint density at radius 3 is 2.14 bits per heavy atom. The van der Waals surface area contributed by atoms with Crippen LogP contribution in [0, 0.1) is 0 Å². The van der Waals surface area contributed by atoms with E-state index < -0.39 is 8.32 Å². The van der Waals surface area contributed by atoms with Gasteiger partial charge < -0.3 is 8.91 Å². The molecule has 0 rings (SSSR count). The maximum Gasteiger partial charge on any atom is 0.186 e. The van der Waals surface area contributed by atoms with E-state index in [0.717, 1.165) is 17.5 Å². The Hall–Kier alpha value is 0.137. The highest BCUT2D eigenvalue weighted by Gasteiger charge is 2.22. The number of hydrogen-bond donors (Lipinski definition) is 0. The van der Waals surface area contributed by atoms with Gasteiger partial charge in [-0.15, -0.1) is 0 Å². The molecule has 0 heterocycles. The largest absolute Gasteiger partial charge is 0.417 e. The Morgan fingerprint density at radius 1 is 1.14 bits per heavy atom. The molecular weight excluding hydrogens is 190 g/mol. The van der Waals surface area contributed by atoms with E-state index in [2.05, 4.69) is 41.2 Å². The maximum atomic E-state index is 5.93. The minimum absolute atomic E-state index is 0.948. The lowest BCUT2D eigenvalue weighted by Gasteiger charge is -2.27. The highest BCUT2D eigenvalue weighted by Crippen LogP contribution is 2.14. The highest BCUT2D eigenvalue weighted by atomic mass is 28.4. The van der Waals surface area contributed by atoms with Crippen LogP contribution in [0.25, 0.3) is 0 Å². The lowest BCUT2D eigenvalue weighted by Crippen LogP contribution is -2.37. The van der Waals surface area contributed by atoms with Crippen molar-refractivity contribution >= 4 is 8.32 Å². The Balaban J connectivity index is 3.65. The molecule has 0 radical (unpaired) electrons. The van der Waals surface area contributed by atoms with Crippen LogP contribution in [0.3, 0.4) is 0 Å². The van der Waals surface area contributed by atoms with Crippen molar-refractivity contribution in [1.29, 1.82) is 0 Å². The maximum absolute atomic E-state index is 5.93. The van der Waals surface area contributed by atoms with Crippen molar-refractivity contribution in [2.24, 2.45) is 0 Å². The Labute approximate surface area is 91.0 Å². The van der Waals surface area contributed by atoms with Gasteiger partial charge in [0.25, 0.3) is 0 Å². The van der Waals surface area contributed by atoms with Crippen molar-refractivity contribution in [1.82, 2.24) is 0 Å². The van der Waals surface area contributed by atoms with E-state index in [0.29, 0.717) is 0 Å². The lowest BCUT2D eigenvalue weighted by molar-refractivity contribution is -0.870. The van der Waals surface area contributed by atoms with Crippen LogP contribution in [-0.4, -0.2) is 47.1 Å². The van der Waals surface area contributed by atoms with E-state index in [1.807, 2.05) is 0 Å². The van der Waals surface area contributed by atoms with E-state index in [9.17, 15) is 0 Å². The van der Waals surface area contributed by atoms with Gasteiger partial charge in [0.2, 0.25) is 0 Å². The molecule has 0 aromatic carbocycles. The summed E-state index contributed by atoms with van der Waals surface area (Å²) in [5.41, 5.74) is 0. The topological polar surface area (TPSA) is 9.23 Å². The molecular formula is C11H28NOSi+. The minimum Gasteiger partial charge on any atom is -0.417 e.